The summed E-state index contributed by atoms with van der Waals surface area (Å²) in [7, 11) is 5.46. The number of halogens is 1. The van der Waals surface area contributed by atoms with E-state index in [1.807, 2.05) is 43.3 Å². The van der Waals surface area contributed by atoms with E-state index in [1.165, 1.54) is 6.07 Å². The molecule has 0 heterocycles. The van der Waals surface area contributed by atoms with Crippen LogP contribution in [0.1, 0.15) is 5.56 Å². The highest BCUT2D eigenvalue weighted by Gasteiger charge is 2.10. The zero-order valence-electron chi connectivity index (χ0n) is 12.0. The summed E-state index contributed by atoms with van der Waals surface area (Å²) in [6, 6.07) is 12.6. The number of nitrogens with zero attached hydrogens (tertiary/aromatic N) is 1. The second-order valence-electron chi connectivity index (χ2n) is 4.56. The van der Waals surface area contributed by atoms with Crippen molar-refractivity contribution in [3.05, 3.63) is 53.8 Å². The maximum absolute atomic E-state index is 13.4. The molecule has 0 saturated carbocycles. The molecule has 2 rings (SSSR count). The Balaban J connectivity index is 2.33. The van der Waals surface area contributed by atoms with Gasteiger partial charge < -0.3 is 15.0 Å². The van der Waals surface area contributed by atoms with E-state index in [9.17, 15) is 4.39 Å². The van der Waals surface area contributed by atoms with E-state index in [-0.39, 0.29) is 5.82 Å². The fourth-order valence-corrected chi connectivity index (χ4v) is 2.16. The Hall–Kier alpha value is -2.07. The lowest BCUT2D eigenvalue weighted by molar-refractivity contribution is 0.415. The van der Waals surface area contributed by atoms with Crippen LogP contribution in [0.2, 0.25) is 0 Å². The third-order valence-electron chi connectivity index (χ3n) is 3.23. The van der Waals surface area contributed by atoms with Crippen molar-refractivity contribution in [1.29, 1.82) is 0 Å². The van der Waals surface area contributed by atoms with E-state index in [0.29, 0.717) is 6.54 Å². The van der Waals surface area contributed by atoms with Crippen LogP contribution in [-0.4, -0.2) is 21.2 Å². The Bertz CT molecular complexity index is 569. The number of rotatable bonds is 5. The average Bonchev–Trinajstić information content (AvgIpc) is 2.47. The first-order valence-corrected chi connectivity index (χ1v) is 6.46. The van der Waals surface area contributed by atoms with E-state index in [1.54, 1.807) is 19.2 Å². The molecule has 0 aliphatic rings. The minimum absolute atomic E-state index is 0.220. The number of hydrogen-bond acceptors (Lipinski definition) is 3. The standard InChI is InChI=1S/C16H19FN2O/c1-18-11-12-10-13(17)4-9-16(12)19(2)14-5-7-15(20-3)8-6-14/h4-10,18H,11H2,1-3H3. The van der Waals surface area contributed by atoms with Gasteiger partial charge in [-0.15, -0.1) is 0 Å². The van der Waals surface area contributed by atoms with Crippen LogP contribution in [0.15, 0.2) is 42.5 Å². The summed E-state index contributed by atoms with van der Waals surface area (Å²) >= 11 is 0. The third-order valence-corrected chi connectivity index (χ3v) is 3.23. The number of methoxy groups -OCH3 is 1. The van der Waals surface area contributed by atoms with Gasteiger partial charge in [0.15, 0.2) is 0 Å². The molecule has 3 nitrogen and oxygen atoms in total. The highest BCUT2D eigenvalue weighted by molar-refractivity contribution is 5.66. The molecule has 0 atom stereocenters. The van der Waals surface area contributed by atoms with Gasteiger partial charge in [0.1, 0.15) is 11.6 Å². The smallest absolute Gasteiger partial charge is 0.123 e. The van der Waals surface area contributed by atoms with E-state index in [4.69, 9.17) is 4.74 Å². The molecule has 0 saturated heterocycles. The summed E-state index contributed by atoms with van der Waals surface area (Å²) in [6.45, 7) is 0.619. The van der Waals surface area contributed by atoms with Crippen molar-refractivity contribution in [2.24, 2.45) is 0 Å². The third kappa shape index (κ3) is 3.08. The van der Waals surface area contributed by atoms with Crippen molar-refractivity contribution >= 4 is 11.4 Å². The summed E-state index contributed by atoms with van der Waals surface area (Å²) in [6.07, 6.45) is 0. The van der Waals surface area contributed by atoms with E-state index in [0.717, 1.165) is 22.7 Å². The van der Waals surface area contributed by atoms with Crippen molar-refractivity contribution < 1.29 is 9.13 Å². The molecule has 106 valence electrons. The van der Waals surface area contributed by atoms with Crippen LogP contribution in [0.4, 0.5) is 15.8 Å². The molecule has 1 N–H and O–H groups in total. The van der Waals surface area contributed by atoms with Crippen molar-refractivity contribution in [1.82, 2.24) is 5.32 Å². The highest BCUT2D eigenvalue weighted by Crippen LogP contribution is 2.28. The van der Waals surface area contributed by atoms with Gasteiger partial charge >= 0.3 is 0 Å². The van der Waals surface area contributed by atoms with Gasteiger partial charge in [-0.1, -0.05) is 0 Å². The van der Waals surface area contributed by atoms with Gasteiger partial charge in [0, 0.05) is 25.0 Å². The monoisotopic (exact) mass is 274 g/mol. The molecule has 20 heavy (non-hydrogen) atoms. The number of hydrogen-bond donors (Lipinski definition) is 1. The Labute approximate surface area is 119 Å². The van der Waals surface area contributed by atoms with E-state index in [2.05, 4.69) is 5.32 Å². The fourth-order valence-electron chi connectivity index (χ4n) is 2.16. The van der Waals surface area contributed by atoms with Crippen LogP contribution in [0, 0.1) is 5.82 Å². The maximum Gasteiger partial charge on any atom is 0.123 e. The molecule has 0 aliphatic heterocycles. The molecule has 0 amide bonds. The van der Waals surface area contributed by atoms with E-state index < -0.39 is 0 Å². The SMILES string of the molecule is CNCc1cc(F)ccc1N(C)c1ccc(OC)cc1. The van der Waals surface area contributed by atoms with Crippen molar-refractivity contribution in [3.63, 3.8) is 0 Å². The van der Waals surface area contributed by atoms with Gasteiger partial charge in [-0.05, 0) is 55.1 Å². The lowest BCUT2D eigenvalue weighted by atomic mass is 10.1. The lowest BCUT2D eigenvalue weighted by Crippen LogP contribution is -2.15. The average molecular weight is 274 g/mol. The molecule has 0 aromatic heterocycles. The van der Waals surface area contributed by atoms with Gasteiger partial charge in [0.2, 0.25) is 0 Å². The first-order valence-electron chi connectivity index (χ1n) is 6.46. The molecular weight excluding hydrogens is 255 g/mol. The van der Waals surface area contributed by atoms with Gasteiger partial charge in [0.25, 0.3) is 0 Å². The van der Waals surface area contributed by atoms with Crippen molar-refractivity contribution in [3.8, 4) is 5.75 Å². The summed E-state index contributed by atoms with van der Waals surface area (Å²) < 4.78 is 18.5. The number of ether oxygens (including phenoxy) is 1. The quantitative estimate of drug-likeness (QED) is 0.905. The predicted octanol–water partition coefficient (Wildman–Crippen LogP) is 3.32. The molecule has 0 radical (unpaired) electrons. The molecule has 0 bridgehead atoms. The highest BCUT2D eigenvalue weighted by atomic mass is 19.1. The zero-order chi connectivity index (χ0) is 14.5. The molecule has 0 aliphatic carbocycles. The lowest BCUT2D eigenvalue weighted by Gasteiger charge is -2.23. The normalized spacial score (nSPS) is 10.4. The van der Waals surface area contributed by atoms with Gasteiger partial charge in [0.05, 0.1) is 7.11 Å². The van der Waals surface area contributed by atoms with Crippen LogP contribution >= 0.6 is 0 Å². The first kappa shape index (κ1) is 14.3. The molecule has 0 unspecified atom stereocenters. The number of anilines is 2. The topological polar surface area (TPSA) is 24.5 Å². The zero-order valence-corrected chi connectivity index (χ0v) is 12.0. The molecule has 0 fully saturated rings. The number of nitrogens with one attached hydrogen (secondary N) is 1. The van der Waals surface area contributed by atoms with Crippen molar-refractivity contribution in [2.75, 3.05) is 26.1 Å². The Morgan fingerprint density at radius 2 is 1.85 bits per heavy atom. The van der Waals surface area contributed by atoms with Crippen LogP contribution in [0.25, 0.3) is 0 Å². The fraction of sp³-hybridized carbons (Fsp3) is 0.250. The Morgan fingerprint density at radius 1 is 1.15 bits per heavy atom. The maximum atomic E-state index is 13.4. The van der Waals surface area contributed by atoms with E-state index >= 15 is 0 Å². The van der Waals surface area contributed by atoms with Crippen LogP contribution < -0.4 is 15.0 Å². The summed E-state index contributed by atoms with van der Waals surface area (Å²) in [5, 5.41) is 3.06. The van der Waals surface area contributed by atoms with Gasteiger partial charge in [-0.25, -0.2) is 4.39 Å². The molecule has 4 heteroatoms. The second kappa shape index (κ2) is 6.39. The minimum atomic E-state index is -0.220. The van der Waals surface area contributed by atoms with Gasteiger partial charge in [-0.3, -0.25) is 0 Å². The molecule has 0 spiro atoms. The van der Waals surface area contributed by atoms with Gasteiger partial charge in [-0.2, -0.15) is 0 Å². The second-order valence-corrected chi connectivity index (χ2v) is 4.56. The van der Waals surface area contributed by atoms with Crippen LogP contribution in [0.5, 0.6) is 5.75 Å². The summed E-state index contributed by atoms with van der Waals surface area (Å²) in [4.78, 5) is 2.03. The van der Waals surface area contributed by atoms with Crippen LogP contribution in [0.3, 0.4) is 0 Å². The summed E-state index contributed by atoms with van der Waals surface area (Å²) in [5.41, 5.74) is 2.92. The molecule has 2 aromatic rings. The molecule has 2 aromatic carbocycles. The number of benzene rings is 2. The Kier molecular flexibility index (Phi) is 4.58. The molecular formula is C16H19FN2O. The minimum Gasteiger partial charge on any atom is -0.497 e. The Morgan fingerprint density at radius 3 is 2.45 bits per heavy atom. The predicted molar refractivity (Wildman–Crippen MR) is 80.2 cm³/mol. The first-order chi connectivity index (χ1) is 9.65. The largest absolute Gasteiger partial charge is 0.497 e. The van der Waals surface area contributed by atoms with Crippen molar-refractivity contribution in [2.45, 2.75) is 6.54 Å². The summed E-state index contributed by atoms with van der Waals surface area (Å²) in [5.74, 6) is 0.596. The van der Waals surface area contributed by atoms with Crippen LogP contribution in [-0.2, 0) is 6.54 Å².